The fourth-order valence-electron chi connectivity index (χ4n) is 3.04. The summed E-state index contributed by atoms with van der Waals surface area (Å²) in [6, 6.07) is 0.768. The van der Waals surface area contributed by atoms with Gasteiger partial charge in [0.1, 0.15) is 0 Å². The Morgan fingerprint density at radius 2 is 1.78 bits per heavy atom. The third-order valence-corrected chi connectivity index (χ3v) is 4.10. The summed E-state index contributed by atoms with van der Waals surface area (Å²) in [6.45, 7) is 11.0. The number of rotatable bonds is 8. The summed E-state index contributed by atoms with van der Waals surface area (Å²) in [5.74, 6) is 1.72. The molecule has 0 bridgehead atoms. The van der Waals surface area contributed by atoms with E-state index in [0.717, 1.165) is 31.0 Å². The van der Waals surface area contributed by atoms with E-state index in [9.17, 15) is 0 Å². The molecule has 108 valence electrons. The molecule has 1 saturated carbocycles. The summed E-state index contributed by atoms with van der Waals surface area (Å²) in [4.78, 5) is 0. The van der Waals surface area contributed by atoms with E-state index in [1.54, 1.807) is 0 Å². The Kier molecular flexibility index (Phi) is 7.92. The lowest BCUT2D eigenvalue weighted by Gasteiger charge is -2.35. The molecule has 0 aromatic rings. The molecule has 0 amide bonds. The maximum atomic E-state index is 5.57. The molecule has 2 atom stereocenters. The van der Waals surface area contributed by atoms with Gasteiger partial charge in [-0.15, -0.1) is 0 Å². The summed E-state index contributed by atoms with van der Waals surface area (Å²) < 4.78 is 5.57. The van der Waals surface area contributed by atoms with Crippen LogP contribution in [0.15, 0.2) is 0 Å². The third-order valence-electron chi connectivity index (χ3n) is 4.10. The maximum Gasteiger partial charge on any atom is 0.0518 e. The fourth-order valence-corrected chi connectivity index (χ4v) is 3.04. The Morgan fingerprint density at radius 3 is 2.44 bits per heavy atom. The van der Waals surface area contributed by atoms with Gasteiger partial charge in [0.05, 0.1) is 6.10 Å². The molecule has 2 heteroatoms. The van der Waals surface area contributed by atoms with Crippen molar-refractivity contribution in [3.05, 3.63) is 0 Å². The lowest BCUT2D eigenvalue weighted by atomic mass is 9.78. The highest BCUT2D eigenvalue weighted by Crippen LogP contribution is 2.30. The predicted octanol–water partition coefficient (Wildman–Crippen LogP) is 4.00. The zero-order chi connectivity index (χ0) is 13.4. The van der Waals surface area contributed by atoms with Crippen molar-refractivity contribution in [1.82, 2.24) is 5.32 Å². The molecule has 2 nitrogen and oxygen atoms in total. The van der Waals surface area contributed by atoms with E-state index in [1.165, 1.54) is 38.5 Å². The molecule has 1 N–H and O–H groups in total. The van der Waals surface area contributed by atoms with Crippen LogP contribution in [-0.4, -0.2) is 25.3 Å². The van der Waals surface area contributed by atoms with Crippen molar-refractivity contribution in [2.24, 2.45) is 11.8 Å². The molecule has 2 unspecified atom stereocenters. The molecule has 0 aliphatic heterocycles. The smallest absolute Gasteiger partial charge is 0.0518 e. The van der Waals surface area contributed by atoms with Gasteiger partial charge in [-0.25, -0.2) is 0 Å². The molecule has 0 heterocycles. The van der Waals surface area contributed by atoms with Gasteiger partial charge >= 0.3 is 0 Å². The molecule has 1 aliphatic carbocycles. The molecule has 0 saturated heterocycles. The van der Waals surface area contributed by atoms with Crippen LogP contribution in [0.5, 0.6) is 0 Å². The van der Waals surface area contributed by atoms with E-state index < -0.39 is 0 Å². The average molecular weight is 255 g/mol. The molecular weight excluding hydrogens is 222 g/mol. The minimum atomic E-state index is 0.377. The molecule has 1 aliphatic rings. The van der Waals surface area contributed by atoms with Crippen LogP contribution in [0.4, 0.5) is 0 Å². The molecule has 0 aromatic carbocycles. The Morgan fingerprint density at radius 1 is 1.06 bits per heavy atom. The van der Waals surface area contributed by atoms with E-state index in [1.807, 2.05) is 0 Å². The first-order chi connectivity index (χ1) is 8.61. The van der Waals surface area contributed by atoms with E-state index in [2.05, 4.69) is 33.0 Å². The van der Waals surface area contributed by atoms with Gasteiger partial charge in [-0.05, 0) is 57.9 Å². The molecule has 0 spiro atoms. The summed E-state index contributed by atoms with van der Waals surface area (Å²) in [5.41, 5.74) is 0. The number of hydrogen-bond acceptors (Lipinski definition) is 2. The van der Waals surface area contributed by atoms with Crippen molar-refractivity contribution in [3.63, 3.8) is 0 Å². The van der Waals surface area contributed by atoms with Gasteiger partial charge in [0.2, 0.25) is 0 Å². The van der Waals surface area contributed by atoms with Crippen molar-refractivity contribution >= 4 is 0 Å². The first kappa shape index (κ1) is 16.0. The normalized spacial score (nSPS) is 25.0. The topological polar surface area (TPSA) is 21.3 Å². The van der Waals surface area contributed by atoms with Gasteiger partial charge in [-0.3, -0.25) is 0 Å². The largest absolute Gasteiger partial charge is 0.379 e. The summed E-state index contributed by atoms with van der Waals surface area (Å²) in [7, 11) is 0. The number of unbranched alkanes of at least 4 members (excludes halogenated alkanes) is 1. The quantitative estimate of drug-likeness (QED) is 0.662. The molecule has 18 heavy (non-hydrogen) atoms. The van der Waals surface area contributed by atoms with Crippen molar-refractivity contribution in [3.8, 4) is 0 Å². The second kappa shape index (κ2) is 8.92. The molecule has 0 aromatic heterocycles. The Hall–Kier alpha value is -0.0800. The number of ether oxygens (including phenoxy) is 1. The lowest BCUT2D eigenvalue weighted by Crippen LogP contribution is -2.41. The third kappa shape index (κ3) is 6.19. The highest BCUT2D eigenvalue weighted by Gasteiger charge is 2.26. The highest BCUT2D eigenvalue weighted by atomic mass is 16.5. The van der Waals surface area contributed by atoms with Gasteiger partial charge < -0.3 is 10.1 Å². The van der Waals surface area contributed by atoms with Crippen molar-refractivity contribution in [1.29, 1.82) is 0 Å². The van der Waals surface area contributed by atoms with Crippen LogP contribution in [0.3, 0.4) is 0 Å². The summed E-state index contributed by atoms with van der Waals surface area (Å²) in [6.07, 6.45) is 8.46. The standard InChI is InChI=1S/C16H33NO/c1-13(2)15-9-5-6-10-16(15)17-11-7-8-12-18-14(3)4/h13-17H,5-12H2,1-4H3. The van der Waals surface area contributed by atoms with Crippen molar-refractivity contribution in [2.75, 3.05) is 13.2 Å². The second-order valence-electron chi connectivity index (χ2n) is 6.38. The first-order valence-electron chi connectivity index (χ1n) is 7.96. The predicted molar refractivity (Wildman–Crippen MR) is 78.9 cm³/mol. The van der Waals surface area contributed by atoms with Crippen LogP contribution in [0.1, 0.15) is 66.2 Å². The SMILES string of the molecule is CC(C)OCCCCNC1CCCCC1C(C)C. The van der Waals surface area contributed by atoms with Crippen LogP contribution >= 0.6 is 0 Å². The van der Waals surface area contributed by atoms with Crippen molar-refractivity contribution < 1.29 is 4.74 Å². The van der Waals surface area contributed by atoms with Crippen LogP contribution in [0, 0.1) is 11.8 Å². The van der Waals surface area contributed by atoms with Crippen LogP contribution < -0.4 is 5.32 Å². The zero-order valence-electron chi connectivity index (χ0n) is 12.9. The average Bonchev–Trinajstić information content (AvgIpc) is 2.33. The van der Waals surface area contributed by atoms with Gasteiger partial charge in [-0.2, -0.15) is 0 Å². The van der Waals surface area contributed by atoms with Crippen molar-refractivity contribution in [2.45, 2.75) is 78.4 Å². The molecular formula is C16H33NO. The monoisotopic (exact) mass is 255 g/mol. The minimum Gasteiger partial charge on any atom is -0.379 e. The second-order valence-corrected chi connectivity index (χ2v) is 6.38. The van der Waals surface area contributed by atoms with Crippen LogP contribution in [0.25, 0.3) is 0 Å². The fraction of sp³-hybridized carbons (Fsp3) is 1.00. The van der Waals surface area contributed by atoms with Gasteiger partial charge in [-0.1, -0.05) is 26.7 Å². The maximum absolute atomic E-state index is 5.57. The molecule has 1 fully saturated rings. The zero-order valence-corrected chi connectivity index (χ0v) is 12.9. The first-order valence-corrected chi connectivity index (χ1v) is 7.96. The minimum absolute atomic E-state index is 0.377. The van der Waals surface area contributed by atoms with E-state index in [-0.39, 0.29) is 0 Å². The Bertz CT molecular complexity index is 203. The van der Waals surface area contributed by atoms with Crippen LogP contribution in [0.2, 0.25) is 0 Å². The lowest BCUT2D eigenvalue weighted by molar-refractivity contribution is 0.0756. The number of nitrogens with one attached hydrogen (secondary N) is 1. The summed E-state index contributed by atoms with van der Waals surface area (Å²) in [5, 5.41) is 3.79. The molecule has 1 rings (SSSR count). The van der Waals surface area contributed by atoms with Crippen LogP contribution in [-0.2, 0) is 4.74 Å². The van der Waals surface area contributed by atoms with Gasteiger partial charge in [0, 0.05) is 12.6 Å². The van der Waals surface area contributed by atoms with Gasteiger partial charge in [0.25, 0.3) is 0 Å². The highest BCUT2D eigenvalue weighted by molar-refractivity contribution is 4.82. The summed E-state index contributed by atoms with van der Waals surface area (Å²) >= 11 is 0. The number of hydrogen-bond donors (Lipinski definition) is 1. The van der Waals surface area contributed by atoms with Gasteiger partial charge in [0.15, 0.2) is 0 Å². The molecule has 0 radical (unpaired) electrons. The van der Waals surface area contributed by atoms with E-state index >= 15 is 0 Å². The van der Waals surface area contributed by atoms with E-state index in [0.29, 0.717) is 6.10 Å². The van der Waals surface area contributed by atoms with E-state index in [4.69, 9.17) is 4.74 Å². The Balaban J connectivity index is 2.09. The Labute approximate surface area is 114 Å².